The monoisotopic (exact) mass is 288 g/mol. The predicted molar refractivity (Wildman–Crippen MR) is 73.4 cm³/mol. The first-order valence-corrected chi connectivity index (χ1v) is 7.17. The van der Waals surface area contributed by atoms with Crippen LogP contribution in [0.3, 0.4) is 0 Å². The Bertz CT molecular complexity index is 724. The second kappa shape index (κ2) is 4.46. The maximum absolute atomic E-state index is 11.2. The molecule has 0 saturated carbocycles. The SMILES string of the molecule is Cc1c(C(=O)O)oc2c1-c1nn(C[C@H]3CCO3)cc1CC2. The molecule has 1 saturated heterocycles. The van der Waals surface area contributed by atoms with Crippen molar-refractivity contribution in [3.63, 3.8) is 0 Å². The minimum Gasteiger partial charge on any atom is -0.475 e. The van der Waals surface area contributed by atoms with Gasteiger partial charge in [0.1, 0.15) is 5.76 Å². The topological polar surface area (TPSA) is 77.5 Å². The van der Waals surface area contributed by atoms with Crippen LogP contribution >= 0.6 is 0 Å². The highest BCUT2D eigenvalue weighted by Gasteiger charge is 2.30. The zero-order chi connectivity index (χ0) is 14.6. The van der Waals surface area contributed by atoms with Gasteiger partial charge in [-0.1, -0.05) is 0 Å². The lowest BCUT2D eigenvalue weighted by Gasteiger charge is -2.26. The van der Waals surface area contributed by atoms with E-state index in [0.29, 0.717) is 5.56 Å². The van der Waals surface area contributed by atoms with Gasteiger partial charge in [-0.2, -0.15) is 5.10 Å². The minimum atomic E-state index is -1.02. The van der Waals surface area contributed by atoms with E-state index >= 15 is 0 Å². The van der Waals surface area contributed by atoms with Gasteiger partial charge in [0.25, 0.3) is 0 Å². The highest BCUT2D eigenvalue weighted by Crippen LogP contribution is 2.38. The van der Waals surface area contributed by atoms with E-state index in [1.807, 2.05) is 10.9 Å². The number of carbonyl (C=O) groups is 1. The molecule has 0 radical (unpaired) electrons. The quantitative estimate of drug-likeness (QED) is 0.935. The molecule has 21 heavy (non-hydrogen) atoms. The summed E-state index contributed by atoms with van der Waals surface area (Å²) in [5, 5.41) is 13.8. The molecule has 1 aliphatic carbocycles. The van der Waals surface area contributed by atoms with Crippen molar-refractivity contribution in [3.05, 3.63) is 28.8 Å². The van der Waals surface area contributed by atoms with E-state index in [1.165, 1.54) is 0 Å². The minimum absolute atomic E-state index is 0.0322. The zero-order valence-electron chi connectivity index (χ0n) is 11.8. The Kier molecular flexibility index (Phi) is 2.68. The summed E-state index contributed by atoms with van der Waals surface area (Å²) in [6, 6.07) is 0. The molecule has 4 rings (SSSR count). The molecule has 110 valence electrons. The molecule has 1 aliphatic heterocycles. The summed E-state index contributed by atoms with van der Waals surface area (Å²) in [4.78, 5) is 11.2. The molecule has 1 fully saturated rings. The lowest BCUT2D eigenvalue weighted by atomic mass is 9.94. The summed E-state index contributed by atoms with van der Waals surface area (Å²) < 4.78 is 12.9. The van der Waals surface area contributed by atoms with Crippen molar-refractivity contribution in [1.29, 1.82) is 0 Å². The fourth-order valence-electron chi connectivity index (χ4n) is 3.10. The van der Waals surface area contributed by atoms with Gasteiger partial charge in [0.2, 0.25) is 5.76 Å². The van der Waals surface area contributed by atoms with E-state index < -0.39 is 5.97 Å². The molecule has 1 atom stereocenters. The zero-order valence-corrected chi connectivity index (χ0v) is 11.8. The first-order valence-electron chi connectivity index (χ1n) is 7.17. The van der Waals surface area contributed by atoms with E-state index in [9.17, 15) is 9.90 Å². The number of carboxylic acids is 1. The summed E-state index contributed by atoms with van der Waals surface area (Å²) in [5.41, 5.74) is 3.55. The average molecular weight is 288 g/mol. The van der Waals surface area contributed by atoms with Crippen LogP contribution in [0.25, 0.3) is 11.3 Å². The third kappa shape index (κ3) is 1.90. The fraction of sp³-hybridized carbons (Fsp3) is 0.467. The Hall–Kier alpha value is -2.08. The predicted octanol–water partition coefficient (Wildman–Crippen LogP) is 2.04. The molecule has 0 aromatic carbocycles. The largest absolute Gasteiger partial charge is 0.475 e. The number of nitrogens with zero attached hydrogens (tertiary/aromatic N) is 2. The Morgan fingerprint density at radius 1 is 1.52 bits per heavy atom. The Balaban J connectivity index is 1.75. The molecule has 3 heterocycles. The maximum atomic E-state index is 11.2. The van der Waals surface area contributed by atoms with Gasteiger partial charge in [-0.3, -0.25) is 4.68 Å². The Morgan fingerprint density at radius 3 is 3.00 bits per heavy atom. The standard InChI is InChI=1S/C15H16N2O4/c1-8-12-11(21-14(8)15(18)19)3-2-9-6-17(16-13(9)12)7-10-4-5-20-10/h6,10H,2-5,7H2,1H3,(H,18,19)/t10-/m1/s1. The van der Waals surface area contributed by atoms with Gasteiger partial charge in [0.05, 0.1) is 18.3 Å². The van der Waals surface area contributed by atoms with E-state index in [2.05, 4.69) is 5.10 Å². The van der Waals surface area contributed by atoms with Crippen molar-refractivity contribution < 1.29 is 19.1 Å². The highest BCUT2D eigenvalue weighted by atomic mass is 16.5. The lowest BCUT2D eigenvalue weighted by Crippen LogP contribution is -2.31. The molecular formula is C15H16N2O4. The molecule has 0 unspecified atom stereocenters. The number of hydrogen-bond donors (Lipinski definition) is 1. The van der Waals surface area contributed by atoms with E-state index in [-0.39, 0.29) is 11.9 Å². The second-order valence-electron chi connectivity index (χ2n) is 5.67. The van der Waals surface area contributed by atoms with Gasteiger partial charge in [-0.15, -0.1) is 0 Å². The van der Waals surface area contributed by atoms with Gasteiger partial charge in [-0.25, -0.2) is 4.79 Å². The number of ether oxygens (including phenoxy) is 1. The van der Waals surface area contributed by atoms with Gasteiger partial charge >= 0.3 is 5.97 Å². The molecule has 0 spiro atoms. The Labute approximate surface area is 121 Å². The summed E-state index contributed by atoms with van der Waals surface area (Å²) in [6.45, 7) is 3.37. The van der Waals surface area contributed by atoms with Crippen molar-refractivity contribution in [2.24, 2.45) is 0 Å². The molecule has 1 N–H and O–H groups in total. The first kappa shape index (κ1) is 12.6. The van der Waals surface area contributed by atoms with E-state index in [1.54, 1.807) is 6.92 Å². The van der Waals surface area contributed by atoms with Crippen LogP contribution in [-0.4, -0.2) is 33.6 Å². The first-order chi connectivity index (χ1) is 10.1. The molecule has 6 heteroatoms. The third-order valence-electron chi connectivity index (χ3n) is 4.29. The van der Waals surface area contributed by atoms with Crippen LogP contribution in [0.4, 0.5) is 0 Å². The third-order valence-corrected chi connectivity index (χ3v) is 4.29. The van der Waals surface area contributed by atoms with Crippen molar-refractivity contribution in [2.75, 3.05) is 6.61 Å². The van der Waals surface area contributed by atoms with Crippen molar-refractivity contribution >= 4 is 5.97 Å². The van der Waals surface area contributed by atoms with E-state index in [4.69, 9.17) is 9.15 Å². The Morgan fingerprint density at radius 2 is 2.33 bits per heavy atom. The van der Waals surface area contributed by atoms with Crippen LogP contribution in [0.1, 0.15) is 33.9 Å². The van der Waals surface area contributed by atoms with Gasteiger partial charge in [0.15, 0.2) is 0 Å². The van der Waals surface area contributed by atoms with Crippen LogP contribution < -0.4 is 0 Å². The van der Waals surface area contributed by atoms with Gasteiger partial charge in [0, 0.05) is 30.4 Å². The van der Waals surface area contributed by atoms with Crippen molar-refractivity contribution in [3.8, 4) is 11.3 Å². The van der Waals surface area contributed by atoms with Gasteiger partial charge < -0.3 is 14.3 Å². The second-order valence-corrected chi connectivity index (χ2v) is 5.67. The number of hydrogen-bond acceptors (Lipinski definition) is 4. The number of furan rings is 1. The molecule has 6 nitrogen and oxygen atoms in total. The summed E-state index contributed by atoms with van der Waals surface area (Å²) in [5.74, 6) is -0.252. The maximum Gasteiger partial charge on any atom is 0.372 e. The molecule has 0 amide bonds. The lowest BCUT2D eigenvalue weighted by molar-refractivity contribution is -0.0608. The number of rotatable bonds is 3. The summed E-state index contributed by atoms with van der Waals surface area (Å²) >= 11 is 0. The molecule has 2 aliphatic rings. The van der Waals surface area contributed by atoms with Crippen LogP contribution in [0.15, 0.2) is 10.6 Å². The van der Waals surface area contributed by atoms with Crippen molar-refractivity contribution in [2.45, 2.75) is 38.8 Å². The smallest absolute Gasteiger partial charge is 0.372 e. The van der Waals surface area contributed by atoms with Crippen LogP contribution in [0, 0.1) is 6.92 Å². The van der Waals surface area contributed by atoms with Crippen LogP contribution in [-0.2, 0) is 24.1 Å². The normalized spacial score (nSPS) is 19.8. The number of carboxylic acid groups (broad SMARTS) is 1. The summed E-state index contributed by atoms with van der Waals surface area (Å²) in [6.07, 6.45) is 4.93. The van der Waals surface area contributed by atoms with Crippen LogP contribution in [0.5, 0.6) is 0 Å². The number of aromatic carboxylic acids is 1. The van der Waals surface area contributed by atoms with Gasteiger partial charge in [-0.05, 0) is 25.3 Å². The molecule has 0 bridgehead atoms. The highest BCUT2D eigenvalue weighted by molar-refractivity contribution is 5.90. The average Bonchev–Trinajstić information content (AvgIpc) is 2.94. The molecule has 2 aromatic rings. The number of aryl methyl sites for hydroxylation is 2. The molecule has 2 aromatic heterocycles. The van der Waals surface area contributed by atoms with E-state index in [0.717, 1.165) is 55.0 Å². The fourth-order valence-corrected chi connectivity index (χ4v) is 3.10. The van der Waals surface area contributed by atoms with Crippen LogP contribution in [0.2, 0.25) is 0 Å². The van der Waals surface area contributed by atoms with Crippen molar-refractivity contribution in [1.82, 2.24) is 9.78 Å². The molecular weight excluding hydrogens is 272 g/mol. The summed E-state index contributed by atoms with van der Waals surface area (Å²) in [7, 11) is 0. The number of aromatic nitrogens is 2. The number of fused-ring (bicyclic) bond motifs is 3.